The summed E-state index contributed by atoms with van der Waals surface area (Å²) < 4.78 is 34.4. The van der Waals surface area contributed by atoms with Gasteiger partial charge in [0.1, 0.15) is 16.7 Å². The molecule has 0 bridgehead atoms. The van der Waals surface area contributed by atoms with Crippen molar-refractivity contribution >= 4 is 39.0 Å². The number of hydrogen-bond acceptors (Lipinski definition) is 6. The second-order valence-corrected chi connectivity index (χ2v) is 9.83. The van der Waals surface area contributed by atoms with E-state index in [1.54, 1.807) is 46.2 Å². The van der Waals surface area contributed by atoms with Gasteiger partial charge in [-0.3, -0.25) is 9.59 Å². The number of anilines is 2. The molecule has 0 saturated carbocycles. The molecule has 2 amide bonds. The Labute approximate surface area is 192 Å². The summed E-state index contributed by atoms with van der Waals surface area (Å²) in [5.74, 6) is 0.638. The smallest absolute Gasteiger partial charge is 0.285 e. The number of amides is 2. The van der Waals surface area contributed by atoms with Gasteiger partial charge in [-0.2, -0.15) is 8.42 Å². The summed E-state index contributed by atoms with van der Waals surface area (Å²) in [6.07, 6.45) is 2.66. The fourth-order valence-electron chi connectivity index (χ4n) is 4.70. The van der Waals surface area contributed by atoms with E-state index in [0.29, 0.717) is 54.5 Å². The number of benzene rings is 2. The van der Waals surface area contributed by atoms with Crippen LogP contribution in [0.3, 0.4) is 0 Å². The minimum Gasteiger partial charge on any atom is -0.494 e. The largest absolute Gasteiger partial charge is 0.494 e. The van der Waals surface area contributed by atoms with E-state index in [2.05, 4.69) is 9.71 Å². The van der Waals surface area contributed by atoms with Crippen molar-refractivity contribution in [1.29, 1.82) is 0 Å². The molecule has 172 valence electrons. The van der Waals surface area contributed by atoms with Crippen molar-refractivity contribution < 1.29 is 22.7 Å². The number of ether oxygens (including phenoxy) is 1. The van der Waals surface area contributed by atoms with Crippen LogP contribution in [0, 0.1) is 0 Å². The number of methoxy groups -OCH3 is 1. The van der Waals surface area contributed by atoms with Gasteiger partial charge in [-0.05, 0) is 43.5 Å². The van der Waals surface area contributed by atoms with E-state index in [1.165, 1.54) is 13.2 Å². The van der Waals surface area contributed by atoms with Gasteiger partial charge < -0.3 is 19.9 Å². The molecule has 2 saturated heterocycles. The van der Waals surface area contributed by atoms with Crippen molar-refractivity contribution in [2.24, 2.45) is 4.40 Å². The number of rotatable bonds is 4. The lowest BCUT2D eigenvalue weighted by Crippen LogP contribution is -2.43. The zero-order valence-corrected chi connectivity index (χ0v) is 19.0. The van der Waals surface area contributed by atoms with Crippen LogP contribution in [0.25, 0.3) is 0 Å². The van der Waals surface area contributed by atoms with E-state index >= 15 is 0 Å². The van der Waals surface area contributed by atoms with E-state index in [4.69, 9.17) is 4.74 Å². The summed E-state index contributed by atoms with van der Waals surface area (Å²) in [6.45, 7) is 1.19. The number of nitrogens with zero attached hydrogens (tertiary/aromatic N) is 3. The first kappa shape index (κ1) is 21.4. The number of amidine groups is 1. The molecule has 1 unspecified atom stereocenters. The molecule has 0 spiro atoms. The highest BCUT2D eigenvalue weighted by Crippen LogP contribution is 2.35. The molecule has 3 aliphatic heterocycles. The van der Waals surface area contributed by atoms with Gasteiger partial charge in [0.05, 0.1) is 12.8 Å². The van der Waals surface area contributed by atoms with Crippen LogP contribution in [0.15, 0.2) is 51.8 Å². The van der Waals surface area contributed by atoms with Crippen LogP contribution in [-0.4, -0.2) is 57.2 Å². The molecule has 2 aromatic rings. The standard InChI is InChI=1S/C23H24N4O5S/c1-32-19-14-15(10-11-17(19)26-12-5-9-21(26)28)24-23(29)18-7-4-13-27(18)22-16-6-2-3-8-20(16)33(30,31)25-22/h2-3,6,8,10-11,14,18H,4-5,7,9,12-13H2,1H3,(H,24,29). The normalized spacial score (nSPS) is 21.2. The lowest BCUT2D eigenvalue weighted by Gasteiger charge is -2.26. The van der Waals surface area contributed by atoms with Crippen molar-refractivity contribution in [2.45, 2.75) is 36.6 Å². The molecular weight excluding hydrogens is 444 g/mol. The van der Waals surface area contributed by atoms with Gasteiger partial charge in [-0.15, -0.1) is 4.40 Å². The van der Waals surface area contributed by atoms with Crippen LogP contribution in [0.1, 0.15) is 31.2 Å². The van der Waals surface area contributed by atoms with Gasteiger partial charge in [0, 0.05) is 36.8 Å². The Balaban J connectivity index is 1.38. The summed E-state index contributed by atoms with van der Waals surface area (Å²) in [4.78, 5) is 28.9. The Morgan fingerprint density at radius 2 is 1.97 bits per heavy atom. The van der Waals surface area contributed by atoms with E-state index < -0.39 is 16.1 Å². The highest BCUT2D eigenvalue weighted by molar-refractivity contribution is 7.90. The van der Waals surface area contributed by atoms with E-state index in [9.17, 15) is 18.0 Å². The lowest BCUT2D eigenvalue weighted by atomic mass is 10.1. The Morgan fingerprint density at radius 3 is 2.73 bits per heavy atom. The average molecular weight is 469 g/mol. The minimum atomic E-state index is -3.76. The van der Waals surface area contributed by atoms with Crippen LogP contribution >= 0.6 is 0 Å². The number of carbonyl (C=O) groups excluding carboxylic acids is 2. The maximum Gasteiger partial charge on any atom is 0.285 e. The number of nitrogens with one attached hydrogen (secondary N) is 1. The van der Waals surface area contributed by atoms with Crippen LogP contribution in [0.2, 0.25) is 0 Å². The molecule has 2 aromatic carbocycles. The molecule has 9 nitrogen and oxygen atoms in total. The number of fused-ring (bicyclic) bond motifs is 1. The molecule has 0 aromatic heterocycles. The highest BCUT2D eigenvalue weighted by atomic mass is 32.2. The quantitative estimate of drug-likeness (QED) is 0.738. The molecule has 33 heavy (non-hydrogen) atoms. The van der Waals surface area contributed by atoms with Crippen molar-refractivity contribution in [3.8, 4) is 5.75 Å². The van der Waals surface area contributed by atoms with Crippen molar-refractivity contribution in [1.82, 2.24) is 4.90 Å². The topological polar surface area (TPSA) is 108 Å². The molecule has 3 aliphatic rings. The van der Waals surface area contributed by atoms with Crippen molar-refractivity contribution in [3.63, 3.8) is 0 Å². The van der Waals surface area contributed by atoms with Gasteiger partial charge >= 0.3 is 0 Å². The fraction of sp³-hybridized carbons (Fsp3) is 0.348. The third-order valence-electron chi connectivity index (χ3n) is 6.25. The number of hydrogen-bond donors (Lipinski definition) is 1. The molecule has 0 aliphatic carbocycles. The van der Waals surface area contributed by atoms with Gasteiger partial charge in [-0.25, -0.2) is 0 Å². The second-order valence-electron chi connectivity index (χ2n) is 8.26. The highest BCUT2D eigenvalue weighted by Gasteiger charge is 2.39. The van der Waals surface area contributed by atoms with Crippen LogP contribution in [0.5, 0.6) is 5.75 Å². The summed E-state index contributed by atoms with van der Waals surface area (Å²) in [5.41, 5.74) is 1.75. The monoisotopic (exact) mass is 468 g/mol. The Bertz CT molecular complexity index is 1270. The van der Waals surface area contributed by atoms with E-state index in [-0.39, 0.29) is 16.7 Å². The second kappa shape index (κ2) is 8.18. The molecule has 0 radical (unpaired) electrons. The van der Waals surface area contributed by atoms with Crippen LogP contribution in [-0.2, 0) is 19.6 Å². The van der Waals surface area contributed by atoms with Gasteiger partial charge in [0.15, 0.2) is 5.84 Å². The number of likely N-dealkylation sites (tertiary alicyclic amines) is 1. The molecular formula is C23H24N4O5S. The molecule has 1 atom stereocenters. The first-order chi connectivity index (χ1) is 15.9. The molecule has 5 rings (SSSR count). The third kappa shape index (κ3) is 3.74. The zero-order chi connectivity index (χ0) is 23.2. The molecule has 2 fully saturated rings. The van der Waals surface area contributed by atoms with Gasteiger partial charge in [0.25, 0.3) is 10.0 Å². The average Bonchev–Trinajstić information content (AvgIpc) is 3.52. The minimum absolute atomic E-state index is 0.0549. The summed E-state index contributed by atoms with van der Waals surface area (Å²) in [5, 5.41) is 2.92. The lowest BCUT2D eigenvalue weighted by molar-refractivity contribution is -0.119. The number of carbonyl (C=O) groups is 2. The van der Waals surface area contributed by atoms with E-state index in [0.717, 1.165) is 12.8 Å². The Morgan fingerprint density at radius 1 is 1.15 bits per heavy atom. The fourth-order valence-corrected chi connectivity index (χ4v) is 5.91. The zero-order valence-electron chi connectivity index (χ0n) is 18.2. The van der Waals surface area contributed by atoms with Crippen molar-refractivity contribution in [3.05, 3.63) is 48.0 Å². The SMILES string of the molecule is COc1cc(NC(=O)C2CCCN2C2=NS(=O)(=O)c3ccccc32)ccc1N1CCCC1=O. The van der Waals surface area contributed by atoms with Crippen LogP contribution < -0.4 is 15.0 Å². The van der Waals surface area contributed by atoms with E-state index in [1.807, 2.05) is 0 Å². The first-order valence-corrected chi connectivity index (χ1v) is 12.3. The summed E-state index contributed by atoms with van der Waals surface area (Å²) in [6, 6.07) is 11.3. The number of sulfonamides is 1. The predicted octanol–water partition coefficient (Wildman–Crippen LogP) is 2.37. The summed E-state index contributed by atoms with van der Waals surface area (Å²) >= 11 is 0. The molecule has 3 heterocycles. The molecule has 1 N–H and O–H groups in total. The van der Waals surface area contributed by atoms with Gasteiger partial charge in [0.2, 0.25) is 11.8 Å². The molecule has 10 heteroatoms. The predicted molar refractivity (Wildman–Crippen MR) is 123 cm³/mol. The third-order valence-corrected chi connectivity index (χ3v) is 7.58. The maximum absolute atomic E-state index is 13.2. The first-order valence-electron chi connectivity index (χ1n) is 10.9. The van der Waals surface area contributed by atoms with Crippen LogP contribution in [0.4, 0.5) is 11.4 Å². The van der Waals surface area contributed by atoms with Gasteiger partial charge in [-0.1, -0.05) is 12.1 Å². The Hall–Kier alpha value is -3.40. The van der Waals surface area contributed by atoms with Crippen molar-refractivity contribution in [2.75, 3.05) is 30.4 Å². The Kier molecular flexibility index (Phi) is 5.32. The maximum atomic E-state index is 13.2. The summed E-state index contributed by atoms with van der Waals surface area (Å²) in [7, 11) is -2.23.